The Morgan fingerprint density at radius 1 is 1.30 bits per heavy atom. The molecule has 6 heteroatoms. The predicted octanol–water partition coefficient (Wildman–Crippen LogP) is 2.55. The molecule has 0 bridgehead atoms. The van der Waals surface area contributed by atoms with Gasteiger partial charge in [-0.2, -0.15) is 0 Å². The summed E-state index contributed by atoms with van der Waals surface area (Å²) in [5, 5.41) is 2.86. The third-order valence-electron chi connectivity index (χ3n) is 3.73. The van der Waals surface area contributed by atoms with Gasteiger partial charge in [0.1, 0.15) is 5.65 Å². The SMILES string of the molecule is Cc1cccn2cc(CC(=O)Nc3ccc4c(c3)OCO4)nc12. The van der Waals surface area contributed by atoms with Crippen LogP contribution in [0.3, 0.4) is 0 Å². The maximum atomic E-state index is 12.2. The summed E-state index contributed by atoms with van der Waals surface area (Å²) in [6.07, 6.45) is 4.02. The molecule has 4 rings (SSSR count). The van der Waals surface area contributed by atoms with Gasteiger partial charge in [0.2, 0.25) is 12.7 Å². The zero-order valence-corrected chi connectivity index (χ0v) is 12.6. The first-order valence-corrected chi connectivity index (χ1v) is 7.32. The van der Waals surface area contributed by atoms with E-state index in [4.69, 9.17) is 9.47 Å². The molecule has 1 amide bonds. The molecule has 0 spiro atoms. The van der Waals surface area contributed by atoms with E-state index in [9.17, 15) is 4.79 Å². The van der Waals surface area contributed by atoms with Gasteiger partial charge >= 0.3 is 0 Å². The second kappa shape index (κ2) is 5.31. The van der Waals surface area contributed by atoms with Crippen molar-refractivity contribution in [2.45, 2.75) is 13.3 Å². The lowest BCUT2D eigenvalue weighted by molar-refractivity contribution is -0.115. The highest BCUT2D eigenvalue weighted by Gasteiger charge is 2.15. The number of amides is 1. The maximum Gasteiger partial charge on any atom is 0.231 e. The number of carbonyl (C=O) groups is 1. The fourth-order valence-corrected chi connectivity index (χ4v) is 2.63. The first-order chi connectivity index (χ1) is 11.2. The number of nitrogens with one attached hydrogen (secondary N) is 1. The lowest BCUT2D eigenvalue weighted by Crippen LogP contribution is -2.14. The molecule has 3 heterocycles. The molecular weight excluding hydrogens is 294 g/mol. The van der Waals surface area contributed by atoms with E-state index in [0.717, 1.165) is 16.9 Å². The van der Waals surface area contributed by atoms with E-state index in [1.165, 1.54) is 0 Å². The summed E-state index contributed by atoms with van der Waals surface area (Å²) in [6.45, 7) is 2.21. The van der Waals surface area contributed by atoms with Gasteiger partial charge in [-0.05, 0) is 30.7 Å². The lowest BCUT2D eigenvalue weighted by atomic mass is 10.2. The van der Waals surface area contributed by atoms with Gasteiger partial charge in [0.25, 0.3) is 0 Å². The van der Waals surface area contributed by atoms with E-state index < -0.39 is 0 Å². The summed E-state index contributed by atoms with van der Waals surface area (Å²) in [6, 6.07) is 9.29. The number of ether oxygens (including phenoxy) is 2. The molecule has 0 saturated heterocycles. The van der Waals surface area contributed by atoms with E-state index in [2.05, 4.69) is 10.3 Å². The van der Waals surface area contributed by atoms with Crippen LogP contribution in [0.1, 0.15) is 11.3 Å². The number of aromatic nitrogens is 2. The van der Waals surface area contributed by atoms with Crippen LogP contribution < -0.4 is 14.8 Å². The first kappa shape index (κ1) is 13.6. The highest BCUT2D eigenvalue weighted by Crippen LogP contribution is 2.34. The third-order valence-corrected chi connectivity index (χ3v) is 3.73. The third kappa shape index (κ3) is 2.59. The summed E-state index contributed by atoms with van der Waals surface area (Å²) in [5.41, 5.74) is 3.37. The Morgan fingerprint density at radius 3 is 3.04 bits per heavy atom. The second-order valence-corrected chi connectivity index (χ2v) is 5.45. The van der Waals surface area contributed by atoms with Crippen LogP contribution in [0.4, 0.5) is 5.69 Å². The molecular formula is C17H15N3O3. The van der Waals surface area contributed by atoms with E-state index in [0.29, 0.717) is 17.2 Å². The standard InChI is InChI=1S/C17H15N3O3/c1-11-3-2-6-20-9-13(19-17(11)20)8-16(21)18-12-4-5-14-15(7-12)23-10-22-14/h2-7,9H,8,10H2,1H3,(H,18,21). The normalized spacial score (nSPS) is 12.6. The molecule has 1 aromatic carbocycles. The van der Waals surface area contributed by atoms with Crippen molar-refractivity contribution < 1.29 is 14.3 Å². The zero-order valence-electron chi connectivity index (χ0n) is 12.6. The summed E-state index contributed by atoms with van der Waals surface area (Å²) in [5.74, 6) is 1.22. The highest BCUT2D eigenvalue weighted by molar-refractivity contribution is 5.92. The van der Waals surface area contributed by atoms with Crippen LogP contribution in [0.25, 0.3) is 5.65 Å². The molecule has 6 nitrogen and oxygen atoms in total. The molecule has 3 aromatic rings. The number of pyridine rings is 1. The molecule has 1 N–H and O–H groups in total. The van der Waals surface area contributed by atoms with Crippen molar-refractivity contribution in [3.63, 3.8) is 0 Å². The van der Waals surface area contributed by atoms with Crippen LogP contribution in [0.5, 0.6) is 11.5 Å². The Hall–Kier alpha value is -3.02. The number of anilines is 1. The van der Waals surface area contributed by atoms with Crippen molar-refractivity contribution in [2.75, 3.05) is 12.1 Å². The van der Waals surface area contributed by atoms with E-state index in [-0.39, 0.29) is 19.1 Å². The van der Waals surface area contributed by atoms with Gasteiger partial charge in [-0.15, -0.1) is 0 Å². The van der Waals surface area contributed by atoms with Crippen LogP contribution in [-0.4, -0.2) is 22.1 Å². The van der Waals surface area contributed by atoms with E-state index in [1.807, 2.05) is 35.9 Å². The minimum Gasteiger partial charge on any atom is -0.454 e. The Labute approximate surface area is 132 Å². The Morgan fingerprint density at radius 2 is 2.17 bits per heavy atom. The summed E-state index contributed by atoms with van der Waals surface area (Å²) >= 11 is 0. The predicted molar refractivity (Wildman–Crippen MR) is 84.8 cm³/mol. The van der Waals surface area contributed by atoms with Crippen molar-refractivity contribution in [3.8, 4) is 11.5 Å². The van der Waals surface area contributed by atoms with Gasteiger partial charge in [-0.25, -0.2) is 4.98 Å². The van der Waals surface area contributed by atoms with Crippen LogP contribution in [0.2, 0.25) is 0 Å². The van der Waals surface area contributed by atoms with Gasteiger partial charge in [-0.1, -0.05) is 6.07 Å². The molecule has 0 saturated carbocycles. The molecule has 0 unspecified atom stereocenters. The fraction of sp³-hybridized carbons (Fsp3) is 0.176. The number of carbonyl (C=O) groups excluding carboxylic acids is 1. The second-order valence-electron chi connectivity index (χ2n) is 5.45. The summed E-state index contributed by atoms with van der Waals surface area (Å²) in [4.78, 5) is 16.7. The number of benzene rings is 1. The smallest absolute Gasteiger partial charge is 0.231 e. The average molecular weight is 309 g/mol. The Kier molecular flexibility index (Phi) is 3.15. The lowest BCUT2D eigenvalue weighted by Gasteiger charge is -2.05. The molecule has 0 aliphatic carbocycles. The van der Waals surface area contributed by atoms with Crippen LogP contribution in [-0.2, 0) is 11.2 Å². The molecule has 116 valence electrons. The van der Waals surface area contributed by atoms with Gasteiger partial charge < -0.3 is 19.2 Å². The maximum absolute atomic E-state index is 12.2. The molecule has 1 aliphatic rings. The monoisotopic (exact) mass is 309 g/mol. The number of rotatable bonds is 3. The van der Waals surface area contributed by atoms with Crippen LogP contribution >= 0.6 is 0 Å². The number of hydrogen-bond donors (Lipinski definition) is 1. The number of aryl methyl sites for hydroxylation is 1. The van der Waals surface area contributed by atoms with E-state index >= 15 is 0 Å². The largest absolute Gasteiger partial charge is 0.454 e. The van der Waals surface area contributed by atoms with Gasteiger partial charge in [-0.3, -0.25) is 4.79 Å². The summed E-state index contributed by atoms with van der Waals surface area (Å²) in [7, 11) is 0. The first-order valence-electron chi connectivity index (χ1n) is 7.32. The number of fused-ring (bicyclic) bond motifs is 2. The van der Waals surface area contributed by atoms with Crippen molar-refractivity contribution in [3.05, 3.63) is 54.0 Å². The number of imidazole rings is 1. The highest BCUT2D eigenvalue weighted by atomic mass is 16.7. The quantitative estimate of drug-likeness (QED) is 0.807. The fourth-order valence-electron chi connectivity index (χ4n) is 2.63. The molecule has 2 aromatic heterocycles. The van der Waals surface area contributed by atoms with Gasteiger partial charge in [0.15, 0.2) is 11.5 Å². The number of nitrogens with zero attached hydrogens (tertiary/aromatic N) is 2. The van der Waals surface area contributed by atoms with Crippen LogP contribution in [0.15, 0.2) is 42.7 Å². The Balaban J connectivity index is 1.49. The van der Waals surface area contributed by atoms with Gasteiger partial charge in [0, 0.05) is 24.1 Å². The van der Waals surface area contributed by atoms with Crippen molar-refractivity contribution >= 4 is 17.2 Å². The Bertz CT molecular complexity index is 901. The summed E-state index contributed by atoms with van der Waals surface area (Å²) < 4.78 is 12.5. The van der Waals surface area contributed by atoms with Crippen molar-refractivity contribution in [1.82, 2.24) is 9.38 Å². The molecule has 23 heavy (non-hydrogen) atoms. The van der Waals surface area contributed by atoms with Crippen molar-refractivity contribution in [2.24, 2.45) is 0 Å². The van der Waals surface area contributed by atoms with Crippen LogP contribution in [0, 0.1) is 6.92 Å². The minimum absolute atomic E-state index is 0.120. The minimum atomic E-state index is -0.120. The zero-order chi connectivity index (χ0) is 15.8. The molecule has 0 radical (unpaired) electrons. The van der Waals surface area contributed by atoms with Crippen molar-refractivity contribution in [1.29, 1.82) is 0 Å². The van der Waals surface area contributed by atoms with Gasteiger partial charge in [0.05, 0.1) is 12.1 Å². The average Bonchev–Trinajstić information content (AvgIpc) is 3.13. The molecule has 1 aliphatic heterocycles. The number of hydrogen-bond acceptors (Lipinski definition) is 4. The topological polar surface area (TPSA) is 64.9 Å². The molecule has 0 atom stereocenters. The van der Waals surface area contributed by atoms with E-state index in [1.54, 1.807) is 18.2 Å². The molecule has 0 fully saturated rings.